The number of hydrogen-bond acceptors (Lipinski definition) is 3. The van der Waals surface area contributed by atoms with Gasteiger partial charge in [-0.2, -0.15) is 0 Å². The first-order valence-electron chi connectivity index (χ1n) is 6.05. The molecule has 1 heterocycles. The molecule has 0 saturated heterocycles. The van der Waals surface area contributed by atoms with Crippen molar-refractivity contribution < 1.29 is 0 Å². The highest BCUT2D eigenvalue weighted by atomic mass is 14.9. The van der Waals surface area contributed by atoms with Crippen LogP contribution in [0.3, 0.4) is 0 Å². The van der Waals surface area contributed by atoms with Crippen LogP contribution in [0.15, 0.2) is 42.6 Å². The van der Waals surface area contributed by atoms with E-state index in [2.05, 4.69) is 49.3 Å². The van der Waals surface area contributed by atoms with E-state index in [1.54, 1.807) is 6.20 Å². The highest BCUT2D eigenvalue weighted by molar-refractivity contribution is 5.65. The molecule has 0 spiro atoms. The van der Waals surface area contributed by atoms with Gasteiger partial charge < -0.3 is 11.1 Å². The van der Waals surface area contributed by atoms with E-state index < -0.39 is 0 Å². The summed E-state index contributed by atoms with van der Waals surface area (Å²) in [6.45, 7) is 6.61. The van der Waals surface area contributed by atoms with E-state index in [1.807, 2.05) is 18.2 Å². The normalized spacial score (nSPS) is 11.3. The zero-order valence-electron chi connectivity index (χ0n) is 11.1. The van der Waals surface area contributed by atoms with Crippen LogP contribution in [-0.4, -0.2) is 4.98 Å². The molecule has 94 valence electrons. The average Bonchev–Trinajstić information content (AvgIpc) is 2.28. The number of pyridine rings is 1. The van der Waals surface area contributed by atoms with Gasteiger partial charge in [-0.05, 0) is 23.1 Å². The zero-order chi connectivity index (χ0) is 13.2. The van der Waals surface area contributed by atoms with Crippen molar-refractivity contribution in [3.8, 4) is 0 Å². The molecule has 3 N–H and O–H groups in total. The number of nitrogen functional groups attached to an aromatic ring is 1. The van der Waals surface area contributed by atoms with Crippen LogP contribution in [0.2, 0.25) is 0 Å². The molecule has 0 aliphatic heterocycles. The molecule has 0 fully saturated rings. The van der Waals surface area contributed by atoms with Crippen molar-refractivity contribution in [1.29, 1.82) is 0 Å². The Kier molecular flexibility index (Phi) is 3.24. The average molecular weight is 241 g/mol. The third kappa shape index (κ3) is 2.80. The van der Waals surface area contributed by atoms with E-state index in [4.69, 9.17) is 5.73 Å². The summed E-state index contributed by atoms with van der Waals surface area (Å²) in [4.78, 5) is 3.99. The predicted octanol–water partition coefficient (Wildman–Crippen LogP) is 3.70. The number of benzene rings is 1. The van der Waals surface area contributed by atoms with Crippen molar-refractivity contribution in [2.45, 2.75) is 26.2 Å². The number of nitrogens with two attached hydrogens (primary N) is 1. The zero-order valence-corrected chi connectivity index (χ0v) is 11.1. The van der Waals surface area contributed by atoms with Crippen molar-refractivity contribution in [2.24, 2.45) is 0 Å². The number of rotatable bonds is 2. The second kappa shape index (κ2) is 4.69. The van der Waals surface area contributed by atoms with Gasteiger partial charge in [0, 0.05) is 23.6 Å². The summed E-state index contributed by atoms with van der Waals surface area (Å²) in [6.07, 6.45) is 1.71. The molecular weight excluding hydrogens is 222 g/mol. The molecule has 0 saturated carbocycles. The molecular formula is C15H19N3. The van der Waals surface area contributed by atoms with Gasteiger partial charge in [-0.25, -0.2) is 4.98 Å². The molecule has 0 amide bonds. The minimum Gasteiger partial charge on any atom is -0.384 e. The lowest BCUT2D eigenvalue weighted by Crippen LogP contribution is -2.13. The Morgan fingerprint density at radius 1 is 1.11 bits per heavy atom. The van der Waals surface area contributed by atoms with Crippen LogP contribution in [0.5, 0.6) is 0 Å². The van der Waals surface area contributed by atoms with Gasteiger partial charge in [-0.15, -0.1) is 0 Å². The van der Waals surface area contributed by atoms with E-state index in [0.717, 1.165) is 11.4 Å². The standard InChI is InChI=1S/C15H19N3/c1-15(2,3)12-6-4-5-7-13(12)18-11-8-9-17-14(16)10-11/h4-10H,1-3H3,(H3,16,17,18). The van der Waals surface area contributed by atoms with Gasteiger partial charge in [0.2, 0.25) is 0 Å². The number of nitrogens with one attached hydrogen (secondary N) is 1. The van der Waals surface area contributed by atoms with E-state index in [9.17, 15) is 0 Å². The Bertz CT molecular complexity index is 541. The second-order valence-electron chi connectivity index (χ2n) is 5.39. The van der Waals surface area contributed by atoms with Crippen LogP contribution in [0.1, 0.15) is 26.3 Å². The molecule has 3 nitrogen and oxygen atoms in total. The maximum Gasteiger partial charge on any atom is 0.125 e. The van der Waals surface area contributed by atoms with Crippen molar-refractivity contribution in [3.63, 3.8) is 0 Å². The first kappa shape index (κ1) is 12.4. The molecule has 0 aliphatic carbocycles. The van der Waals surface area contributed by atoms with Crippen molar-refractivity contribution in [3.05, 3.63) is 48.2 Å². The fraction of sp³-hybridized carbons (Fsp3) is 0.267. The van der Waals surface area contributed by atoms with Gasteiger partial charge >= 0.3 is 0 Å². The summed E-state index contributed by atoms with van der Waals surface area (Å²) < 4.78 is 0. The lowest BCUT2D eigenvalue weighted by Gasteiger charge is -2.23. The van der Waals surface area contributed by atoms with Crippen molar-refractivity contribution in [2.75, 3.05) is 11.1 Å². The molecule has 2 aromatic rings. The van der Waals surface area contributed by atoms with Crippen LogP contribution >= 0.6 is 0 Å². The van der Waals surface area contributed by atoms with Crippen LogP contribution in [0.25, 0.3) is 0 Å². The molecule has 0 unspecified atom stereocenters. The number of aromatic nitrogens is 1. The fourth-order valence-electron chi connectivity index (χ4n) is 1.93. The summed E-state index contributed by atoms with van der Waals surface area (Å²) in [5, 5.41) is 3.40. The van der Waals surface area contributed by atoms with Gasteiger partial charge in [0.15, 0.2) is 0 Å². The summed E-state index contributed by atoms with van der Waals surface area (Å²) in [5.74, 6) is 0.522. The van der Waals surface area contributed by atoms with E-state index in [0.29, 0.717) is 5.82 Å². The maximum absolute atomic E-state index is 5.68. The lowest BCUT2D eigenvalue weighted by molar-refractivity contribution is 0.592. The van der Waals surface area contributed by atoms with Crippen molar-refractivity contribution >= 4 is 17.2 Å². The highest BCUT2D eigenvalue weighted by Gasteiger charge is 2.17. The van der Waals surface area contributed by atoms with E-state index in [1.165, 1.54) is 5.56 Å². The monoisotopic (exact) mass is 241 g/mol. The smallest absolute Gasteiger partial charge is 0.125 e. The molecule has 1 aromatic heterocycles. The van der Waals surface area contributed by atoms with E-state index >= 15 is 0 Å². The number of para-hydroxylation sites is 1. The molecule has 18 heavy (non-hydrogen) atoms. The Hall–Kier alpha value is -2.03. The number of nitrogens with zero attached hydrogens (tertiary/aromatic N) is 1. The largest absolute Gasteiger partial charge is 0.384 e. The highest BCUT2D eigenvalue weighted by Crippen LogP contribution is 2.31. The summed E-state index contributed by atoms with van der Waals surface area (Å²) in [5.41, 5.74) is 9.13. The van der Waals surface area contributed by atoms with E-state index in [-0.39, 0.29) is 5.41 Å². The van der Waals surface area contributed by atoms with Crippen LogP contribution in [0.4, 0.5) is 17.2 Å². The molecule has 0 aliphatic rings. The minimum absolute atomic E-state index is 0.0994. The van der Waals surface area contributed by atoms with Gasteiger partial charge in [0.25, 0.3) is 0 Å². The van der Waals surface area contributed by atoms with Gasteiger partial charge in [-0.1, -0.05) is 39.0 Å². The lowest BCUT2D eigenvalue weighted by atomic mass is 9.86. The second-order valence-corrected chi connectivity index (χ2v) is 5.39. The molecule has 0 atom stereocenters. The third-order valence-electron chi connectivity index (χ3n) is 2.80. The molecule has 0 bridgehead atoms. The topological polar surface area (TPSA) is 50.9 Å². The van der Waals surface area contributed by atoms with Gasteiger partial charge in [0.05, 0.1) is 0 Å². The minimum atomic E-state index is 0.0994. The Morgan fingerprint density at radius 2 is 1.83 bits per heavy atom. The summed E-state index contributed by atoms with van der Waals surface area (Å²) in [7, 11) is 0. The van der Waals surface area contributed by atoms with Crippen LogP contribution in [0, 0.1) is 0 Å². The molecule has 2 rings (SSSR count). The predicted molar refractivity (Wildman–Crippen MR) is 77.1 cm³/mol. The van der Waals surface area contributed by atoms with Crippen LogP contribution in [-0.2, 0) is 5.41 Å². The first-order valence-corrected chi connectivity index (χ1v) is 6.05. The first-order chi connectivity index (χ1) is 8.47. The maximum atomic E-state index is 5.68. The summed E-state index contributed by atoms with van der Waals surface area (Å²) >= 11 is 0. The Labute approximate surface area is 108 Å². The SMILES string of the molecule is CC(C)(C)c1ccccc1Nc1ccnc(N)c1. The fourth-order valence-corrected chi connectivity index (χ4v) is 1.93. The Balaban J connectivity index is 2.35. The number of anilines is 3. The molecule has 3 heteroatoms. The van der Waals surface area contributed by atoms with Gasteiger partial charge in [-0.3, -0.25) is 0 Å². The van der Waals surface area contributed by atoms with Crippen molar-refractivity contribution in [1.82, 2.24) is 4.98 Å². The molecule has 1 aromatic carbocycles. The molecule has 0 radical (unpaired) electrons. The van der Waals surface area contributed by atoms with Gasteiger partial charge in [0.1, 0.15) is 5.82 Å². The Morgan fingerprint density at radius 3 is 2.50 bits per heavy atom. The van der Waals surface area contributed by atoms with Crippen LogP contribution < -0.4 is 11.1 Å². The quantitative estimate of drug-likeness (QED) is 0.842. The third-order valence-corrected chi connectivity index (χ3v) is 2.80. The number of hydrogen-bond donors (Lipinski definition) is 2. The summed E-state index contributed by atoms with van der Waals surface area (Å²) in [6, 6.07) is 12.1.